The van der Waals surface area contributed by atoms with Gasteiger partial charge in [-0.15, -0.1) is 0 Å². The molecule has 0 aliphatic heterocycles. The molecular weight excluding hydrogens is 154 g/mol. The van der Waals surface area contributed by atoms with Crippen LogP contribution in [0.4, 0.5) is 0 Å². The van der Waals surface area contributed by atoms with Gasteiger partial charge < -0.3 is 4.57 Å². The minimum absolute atomic E-state index is 0.719. The van der Waals surface area contributed by atoms with Crippen LogP contribution in [0.15, 0.2) is 25.2 Å². The van der Waals surface area contributed by atoms with Crippen molar-refractivity contribution in [2.24, 2.45) is 7.05 Å². The summed E-state index contributed by atoms with van der Waals surface area (Å²) in [7, 11) is 1.96. The fourth-order valence-corrected chi connectivity index (χ4v) is 1.02. The van der Waals surface area contributed by atoms with Crippen LogP contribution in [-0.2, 0) is 13.6 Å². The van der Waals surface area contributed by atoms with Crippen molar-refractivity contribution in [3.8, 4) is 0 Å². The van der Waals surface area contributed by atoms with Gasteiger partial charge in [-0.2, -0.15) is 5.10 Å². The van der Waals surface area contributed by atoms with Crippen molar-refractivity contribution in [1.82, 2.24) is 24.3 Å². The fraction of sp³-hybridized carbons (Fsp3) is 0.286. The molecule has 0 amide bonds. The zero-order chi connectivity index (χ0) is 8.39. The third kappa shape index (κ3) is 1.20. The molecule has 0 fully saturated rings. The van der Waals surface area contributed by atoms with Crippen LogP contribution < -0.4 is 0 Å². The highest BCUT2D eigenvalue weighted by Gasteiger charge is 1.98. The van der Waals surface area contributed by atoms with Gasteiger partial charge in [-0.05, 0) is 0 Å². The second kappa shape index (κ2) is 2.77. The number of imidazole rings is 1. The molecule has 0 spiro atoms. The fourth-order valence-electron chi connectivity index (χ4n) is 1.02. The monoisotopic (exact) mass is 163 g/mol. The minimum atomic E-state index is 0.719. The van der Waals surface area contributed by atoms with E-state index in [2.05, 4.69) is 15.1 Å². The molecule has 2 aromatic rings. The summed E-state index contributed by atoms with van der Waals surface area (Å²) in [5.74, 6) is 0. The first-order valence-electron chi connectivity index (χ1n) is 3.64. The number of hydrogen-bond donors (Lipinski definition) is 0. The molecule has 2 rings (SSSR count). The van der Waals surface area contributed by atoms with Crippen LogP contribution in [0, 0.1) is 0 Å². The van der Waals surface area contributed by atoms with Crippen molar-refractivity contribution in [3.05, 3.63) is 30.9 Å². The average Bonchev–Trinajstić information content (AvgIpc) is 2.65. The molecule has 12 heavy (non-hydrogen) atoms. The van der Waals surface area contributed by atoms with Gasteiger partial charge in [-0.1, -0.05) is 0 Å². The molecule has 62 valence electrons. The summed E-state index contributed by atoms with van der Waals surface area (Å²) in [5, 5.41) is 4.00. The molecule has 0 N–H and O–H groups in total. The Morgan fingerprint density at radius 3 is 2.83 bits per heavy atom. The molecule has 0 unspecified atom stereocenters. The molecule has 5 nitrogen and oxygen atoms in total. The van der Waals surface area contributed by atoms with Crippen molar-refractivity contribution in [3.63, 3.8) is 0 Å². The predicted octanol–water partition coefficient (Wildman–Crippen LogP) is 0.0599. The van der Waals surface area contributed by atoms with Crippen molar-refractivity contribution in [2.75, 3.05) is 0 Å². The van der Waals surface area contributed by atoms with E-state index in [4.69, 9.17) is 0 Å². The summed E-state index contributed by atoms with van der Waals surface area (Å²) in [5.41, 5.74) is 1.11. The smallest absolute Gasteiger partial charge is 0.137 e. The summed E-state index contributed by atoms with van der Waals surface area (Å²) < 4.78 is 3.72. The summed E-state index contributed by atoms with van der Waals surface area (Å²) in [4.78, 5) is 7.86. The normalized spacial score (nSPS) is 10.4. The number of hydrogen-bond acceptors (Lipinski definition) is 3. The van der Waals surface area contributed by atoms with Crippen LogP contribution in [0.5, 0.6) is 0 Å². The Labute approximate surface area is 69.7 Å². The van der Waals surface area contributed by atoms with Crippen LogP contribution in [-0.4, -0.2) is 24.3 Å². The van der Waals surface area contributed by atoms with Crippen LogP contribution in [0.1, 0.15) is 5.69 Å². The molecule has 5 heteroatoms. The first-order chi connectivity index (χ1) is 5.86. The summed E-state index contributed by atoms with van der Waals surface area (Å²) in [6.45, 7) is 0.719. The van der Waals surface area contributed by atoms with Gasteiger partial charge in [-0.25, -0.2) is 14.6 Å². The van der Waals surface area contributed by atoms with E-state index in [0.29, 0.717) is 0 Å². The number of nitrogens with zero attached hydrogens (tertiary/aromatic N) is 5. The zero-order valence-electron chi connectivity index (χ0n) is 6.75. The Kier molecular flexibility index (Phi) is 1.62. The number of rotatable bonds is 2. The van der Waals surface area contributed by atoms with E-state index >= 15 is 0 Å². The summed E-state index contributed by atoms with van der Waals surface area (Å²) in [6.07, 6.45) is 6.80. The Hall–Kier alpha value is -1.65. The molecule has 0 saturated carbocycles. The predicted molar refractivity (Wildman–Crippen MR) is 42.3 cm³/mol. The molecule has 2 heterocycles. The Balaban J connectivity index is 2.20. The third-order valence-corrected chi connectivity index (χ3v) is 1.71. The number of aromatic nitrogens is 5. The van der Waals surface area contributed by atoms with Crippen molar-refractivity contribution in [1.29, 1.82) is 0 Å². The molecule has 0 aliphatic carbocycles. The van der Waals surface area contributed by atoms with Crippen LogP contribution >= 0.6 is 0 Å². The van der Waals surface area contributed by atoms with E-state index in [1.165, 1.54) is 6.33 Å². The minimum Gasteiger partial charge on any atom is -0.336 e. The van der Waals surface area contributed by atoms with Crippen molar-refractivity contribution >= 4 is 0 Å². The van der Waals surface area contributed by atoms with Gasteiger partial charge in [-0.3, -0.25) is 0 Å². The standard InChI is InChI=1S/C7H9N5/c1-11-5-8-2-7(11)3-12-6-9-4-10-12/h2,4-6H,3H2,1H3. The van der Waals surface area contributed by atoms with E-state index in [-0.39, 0.29) is 0 Å². The maximum Gasteiger partial charge on any atom is 0.137 e. The molecule has 0 atom stereocenters. The van der Waals surface area contributed by atoms with E-state index in [1.807, 2.05) is 17.8 Å². The maximum atomic E-state index is 4.00. The highest BCUT2D eigenvalue weighted by Crippen LogP contribution is 1.97. The van der Waals surface area contributed by atoms with Gasteiger partial charge in [0.05, 0.1) is 24.8 Å². The summed E-state index contributed by atoms with van der Waals surface area (Å²) >= 11 is 0. The largest absolute Gasteiger partial charge is 0.336 e. The molecule has 0 radical (unpaired) electrons. The molecule has 0 aromatic carbocycles. The van der Waals surface area contributed by atoms with Gasteiger partial charge in [0.15, 0.2) is 0 Å². The Morgan fingerprint density at radius 1 is 1.33 bits per heavy atom. The first kappa shape index (κ1) is 7.02. The maximum absolute atomic E-state index is 4.00. The van der Waals surface area contributed by atoms with E-state index in [9.17, 15) is 0 Å². The topological polar surface area (TPSA) is 48.5 Å². The van der Waals surface area contributed by atoms with Crippen LogP contribution in [0.25, 0.3) is 0 Å². The third-order valence-electron chi connectivity index (χ3n) is 1.71. The van der Waals surface area contributed by atoms with Gasteiger partial charge in [0.2, 0.25) is 0 Å². The first-order valence-corrected chi connectivity index (χ1v) is 3.64. The number of aryl methyl sites for hydroxylation is 1. The van der Waals surface area contributed by atoms with E-state index < -0.39 is 0 Å². The highest BCUT2D eigenvalue weighted by molar-refractivity contribution is 4.97. The Morgan fingerprint density at radius 2 is 2.25 bits per heavy atom. The molecule has 0 aliphatic rings. The van der Waals surface area contributed by atoms with E-state index in [1.54, 1.807) is 17.3 Å². The van der Waals surface area contributed by atoms with Gasteiger partial charge in [0, 0.05) is 7.05 Å². The lowest BCUT2D eigenvalue weighted by Gasteiger charge is -2.00. The molecule has 0 bridgehead atoms. The second-order valence-electron chi connectivity index (χ2n) is 2.59. The van der Waals surface area contributed by atoms with Gasteiger partial charge in [0.1, 0.15) is 12.7 Å². The lowest BCUT2D eigenvalue weighted by atomic mass is 10.5. The second-order valence-corrected chi connectivity index (χ2v) is 2.59. The lowest BCUT2D eigenvalue weighted by Crippen LogP contribution is -2.04. The Bertz CT molecular complexity index is 348. The van der Waals surface area contributed by atoms with E-state index in [0.717, 1.165) is 12.2 Å². The average molecular weight is 163 g/mol. The van der Waals surface area contributed by atoms with Gasteiger partial charge >= 0.3 is 0 Å². The van der Waals surface area contributed by atoms with Crippen molar-refractivity contribution in [2.45, 2.75) is 6.54 Å². The molecule has 2 aromatic heterocycles. The van der Waals surface area contributed by atoms with Crippen LogP contribution in [0.2, 0.25) is 0 Å². The van der Waals surface area contributed by atoms with Gasteiger partial charge in [0.25, 0.3) is 0 Å². The highest BCUT2D eigenvalue weighted by atomic mass is 15.3. The zero-order valence-corrected chi connectivity index (χ0v) is 6.75. The molecular formula is C7H9N5. The van der Waals surface area contributed by atoms with Crippen LogP contribution in [0.3, 0.4) is 0 Å². The molecule has 0 saturated heterocycles. The quantitative estimate of drug-likeness (QED) is 0.629. The van der Waals surface area contributed by atoms with Crippen molar-refractivity contribution < 1.29 is 0 Å². The SMILES string of the molecule is Cn1cncc1Cn1cncn1. The lowest BCUT2D eigenvalue weighted by molar-refractivity contribution is 0.646. The summed E-state index contributed by atoms with van der Waals surface area (Å²) in [6, 6.07) is 0.